The van der Waals surface area contributed by atoms with Crippen LogP contribution < -0.4 is 10.9 Å². The standard InChI is InChI=1S/C11H9N3O3/c15-8-3-1-2-7(6-8)11(17)12-9-4-5-10(16)14-13-9/h1-6,15H,(H,14,16)(H,12,13,17). The van der Waals surface area contributed by atoms with Gasteiger partial charge in [0, 0.05) is 11.6 Å². The number of hydrogen-bond donors (Lipinski definition) is 3. The summed E-state index contributed by atoms with van der Waals surface area (Å²) in [6.07, 6.45) is 0. The van der Waals surface area contributed by atoms with Crippen LogP contribution in [0.2, 0.25) is 0 Å². The molecule has 3 N–H and O–H groups in total. The highest BCUT2D eigenvalue weighted by atomic mass is 16.3. The Morgan fingerprint density at radius 3 is 2.76 bits per heavy atom. The molecule has 0 aliphatic rings. The number of H-pyrrole nitrogens is 1. The van der Waals surface area contributed by atoms with Crippen LogP contribution in [-0.2, 0) is 0 Å². The number of nitrogens with one attached hydrogen (secondary N) is 2. The Hall–Kier alpha value is -2.63. The van der Waals surface area contributed by atoms with Gasteiger partial charge in [-0.3, -0.25) is 9.59 Å². The molecule has 0 radical (unpaired) electrons. The van der Waals surface area contributed by atoms with Crippen molar-refractivity contribution in [3.63, 3.8) is 0 Å². The van der Waals surface area contributed by atoms with Gasteiger partial charge in [0.2, 0.25) is 0 Å². The Bertz CT molecular complexity index is 586. The number of phenols is 1. The van der Waals surface area contributed by atoms with Crippen molar-refractivity contribution in [3.8, 4) is 5.75 Å². The highest BCUT2D eigenvalue weighted by Gasteiger charge is 2.07. The molecule has 1 amide bonds. The van der Waals surface area contributed by atoms with Gasteiger partial charge in [-0.1, -0.05) is 6.07 Å². The number of aromatic amines is 1. The topological polar surface area (TPSA) is 95.1 Å². The molecule has 17 heavy (non-hydrogen) atoms. The molecule has 0 unspecified atom stereocenters. The maximum atomic E-state index is 11.7. The fraction of sp³-hybridized carbons (Fsp3) is 0. The van der Waals surface area contributed by atoms with Crippen molar-refractivity contribution in [3.05, 3.63) is 52.3 Å². The van der Waals surface area contributed by atoms with Gasteiger partial charge < -0.3 is 10.4 Å². The van der Waals surface area contributed by atoms with Gasteiger partial charge in [-0.25, -0.2) is 5.10 Å². The van der Waals surface area contributed by atoms with E-state index in [0.29, 0.717) is 5.56 Å². The quantitative estimate of drug-likeness (QED) is 0.709. The van der Waals surface area contributed by atoms with E-state index in [4.69, 9.17) is 0 Å². The highest BCUT2D eigenvalue weighted by Crippen LogP contribution is 2.12. The van der Waals surface area contributed by atoms with E-state index in [0.717, 1.165) is 0 Å². The largest absolute Gasteiger partial charge is 0.508 e. The van der Waals surface area contributed by atoms with E-state index in [1.54, 1.807) is 12.1 Å². The van der Waals surface area contributed by atoms with Crippen LogP contribution in [0, 0.1) is 0 Å². The predicted octanol–water partition coefficient (Wildman–Crippen LogP) is 0.728. The van der Waals surface area contributed by atoms with Crippen LogP contribution in [0.5, 0.6) is 5.75 Å². The predicted molar refractivity (Wildman–Crippen MR) is 60.9 cm³/mol. The molecule has 0 aliphatic heterocycles. The Balaban J connectivity index is 2.17. The highest BCUT2D eigenvalue weighted by molar-refractivity contribution is 6.03. The van der Waals surface area contributed by atoms with Crippen molar-refractivity contribution in [2.24, 2.45) is 0 Å². The first-order valence-electron chi connectivity index (χ1n) is 4.81. The molecule has 0 atom stereocenters. The average Bonchev–Trinajstić information content (AvgIpc) is 2.32. The maximum absolute atomic E-state index is 11.7. The fourth-order valence-corrected chi connectivity index (χ4v) is 1.25. The number of nitrogens with zero attached hydrogens (tertiary/aromatic N) is 1. The van der Waals surface area contributed by atoms with Crippen molar-refractivity contribution < 1.29 is 9.90 Å². The summed E-state index contributed by atoms with van der Waals surface area (Å²) in [5.41, 5.74) is -0.0432. The molecule has 86 valence electrons. The number of aromatic nitrogens is 2. The first-order chi connectivity index (χ1) is 8.15. The Morgan fingerprint density at radius 2 is 2.12 bits per heavy atom. The van der Waals surface area contributed by atoms with Gasteiger partial charge >= 0.3 is 0 Å². The average molecular weight is 231 g/mol. The molecule has 0 spiro atoms. The minimum Gasteiger partial charge on any atom is -0.508 e. The first-order valence-corrected chi connectivity index (χ1v) is 4.81. The summed E-state index contributed by atoms with van der Waals surface area (Å²) in [5, 5.41) is 17.5. The van der Waals surface area contributed by atoms with Crippen molar-refractivity contribution in [1.29, 1.82) is 0 Å². The number of amides is 1. The van der Waals surface area contributed by atoms with E-state index in [2.05, 4.69) is 15.5 Å². The Morgan fingerprint density at radius 1 is 1.29 bits per heavy atom. The molecule has 0 saturated heterocycles. The van der Waals surface area contributed by atoms with Crippen molar-refractivity contribution in [2.75, 3.05) is 5.32 Å². The third-order valence-electron chi connectivity index (χ3n) is 2.03. The Kier molecular flexibility index (Phi) is 2.87. The molecule has 6 nitrogen and oxygen atoms in total. The molecule has 0 fully saturated rings. The van der Waals surface area contributed by atoms with Crippen LogP contribution in [0.15, 0.2) is 41.2 Å². The van der Waals surface area contributed by atoms with Crippen LogP contribution in [0.3, 0.4) is 0 Å². The van der Waals surface area contributed by atoms with Crippen LogP contribution >= 0.6 is 0 Å². The lowest BCUT2D eigenvalue weighted by Crippen LogP contribution is -2.15. The van der Waals surface area contributed by atoms with Gasteiger partial charge in [0.15, 0.2) is 5.82 Å². The van der Waals surface area contributed by atoms with Crippen molar-refractivity contribution in [2.45, 2.75) is 0 Å². The summed E-state index contributed by atoms with van der Waals surface area (Å²) in [5.74, 6) is -0.175. The number of rotatable bonds is 2. The number of hydrogen-bond acceptors (Lipinski definition) is 4. The minimum atomic E-state index is -0.416. The summed E-state index contributed by atoms with van der Waals surface area (Å²) in [6.45, 7) is 0. The molecule has 0 saturated carbocycles. The van der Waals surface area contributed by atoms with Crippen LogP contribution in [0.25, 0.3) is 0 Å². The van der Waals surface area contributed by atoms with E-state index >= 15 is 0 Å². The summed E-state index contributed by atoms with van der Waals surface area (Å²) in [4.78, 5) is 22.5. The molecule has 6 heteroatoms. The molecule has 1 aromatic heterocycles. The lowest BCUT2D eigenvalue weighted by atomic mass is 10.2. The van der Waals surface area contributed by atoms with Gasteiger partial charge in [-0.05, 0) is 24.3 Å². The monoisotopic (exact) mass is 231 g/mol. The lowest BCUT2D eigenvalue weighted by Gasteiger charge is -2.03. The van der Waals surface area contributed by atoms with Crippen molar-refractivity contribution in [1.82, 2.24) is 10.2 Å². The number of anilines is 1. The van der Waals surface area contributed by atoms with Crippen LogP contribution in [0.4, 0.5) is 5.82 Å². The molecular formula is C11H9N3O3. The second kappa shape index (κ2) is 4.48. The number of aromatic hydroxyl groups is 1. The minimum absolute atomic E-state index is 0.00655. The second-order valence-electron chi connectivity index (χ2n) is 3.31. The summed E-state index contributed by atoms with van der Waals surface area (Å²) in [7, 11) is 0. The fourth-order valence-electron chi connectivity index (χ4n) is 1.25. The normalized spacial score (nSPS) is 9.88. The number of benzene rings is 1. The van der Waals surface area contributed by atoms with E-state index in [-0.39, 0.29) is 17.1 Å². The zero-order valence-corrected chi connectivity index (χ0v) is 8.68. The van der Waals surface area contributed by atoms with E-state index in [1.807, 2.05) is 0 Å². The van der Waals surface area contributed by atoms with E-state index in [1.165, 1.54) is 24.3 Å². The molecular weight excluding hydrogens is 222 g/mol. The molecule has 1 heterocycles. The van der Waals surface area contributed by atoms with E-state index in [9.17, 15) is 14.7 Å². The van der Waals surface area contributed by atoms with Gasteiger partial charge in [0.1, 0.15) is 5.75 Å². The molecule has 1 aromatic carbocycles. The number of phenolic OH excluding ortho intramolecular Hbond substituents is 1. The smallest absolute Gasteiger partial charge is 0.264 e. The van der Waals surface area contributed by atoms with Crippen LogP contribution in [-0.4, -0.2) is 21.2 Å². The zero-order chi connectivity index (χ0) is 12.3. The van der Waals surface area contributed by atoms with E-state index < -0.39 is 5.91 Å². The number of carbonyl (C=O) groups is 1. The number of carbonyl (C=O) groups excluding carboxylic acids is 1. The molecule has 2 aromatic rings. The van der Waals surface area contributed by atoms with Gasteiger partial charge in [-0.2, -0.15) is 5.10 Å². The lowest BCUT2D eigenvalue weighted by molar-refractivity contribution is 0.102. The zero-order valence-electron chi connectivity index (χ0n) is 8.68. The van der Waals surface area contributed by atoms with Gasteiger partial charge in [-0.15, -0.1) is 0 Å². The van der Waals surface area contributed by atoms with Crippen molar-refractivity contribution >= 4 is 11.7 Å². The molecule has 2 rings (SSSR count). The first kappa shape index (κ1) is 10.9. The van der Waals surface area contributed by atoms with Crippen LogP contribution in [0.1, 0.15) is 10.4 Å². The van der Waals surface area contributed by atoms with Gasteiger partial charge in [0.05, 0.1) is 0 Å². The van der Waals surface area contributed by atoms with Gasteiger partial charge in [0.25, 0.3) is 11.5 Å². The maximum Gasteiger partial charge on any atom is 0.264 e. The summed E-state index contributed by atoms with van der Waals surface area (Å²) >= 11 is 0. The summed E-state index contributed by atoms with van der Waals surface area (Å²) < 4.78 is 0. The third kappa shape index (κ3) is 2.69. The third-order valence-corrected chi connectivity index (χ3v) is 2.03. The molecule has 0 aliphatic carbocycles. The molecule has 0 bridgehead atoms. The Labute approximate surface area is 95.9 Å². The second-order valence-corrected chi connectivity index (χ2v) is 3.31. The SMILES string of the molecule is O=C(Nc1ccc(=O)[nH]n1)c1cccc(O)c1. The summed E-state index contributed by atoms with van der Waals surface area (Å²) in [6, 6.07) is 8.56.